The van der Waals surface area contributed by atoms with Gasteiger partial charge in [0, 0.05) is 17.3 Å². The van der Waals surface area contributed by atoms with E-state index in [1.54, 1.807) is 24.3 Å². The molecule has 8 heteroatoms. The maximum absolute atomic E-state index is 12.6. The molecule has 0 radical (unpaired) electrons. The van der Waals surface area contributed by atoms with Gasteiger partial charge in [0.15, 0.2) is 6.61 Å². The van der Waals surface area contributed by atoms with Crippen molar-refractivity contribution in [1.82, 2.24) is 5.32 Å². The molecule has 31 heavy (non-hydrogen) atoms. The number of nitrogens with one attached hydrogen (secondary N) is 2. The maximum atomic E-state index is 12.6. The van der Waals surface area contributed by atoms with Crippen LogP contribution in [-0.4, -0.2) is 20.9 Å². The van der Waals surface area contributed by atoms with Gasteiger partial charge in [0.1, 0.15) is 5.75 Å². The zero-order valence-electron chi connectivity index (χ0n) is 17.2. The van der Waals surface area contributed by atoms with Gasteiger partial charge < -0.3 is 10.1 Å². The van der Waals surface area contributed by atoms with Crippen molar-refractivity contribution in [1.29, 1.82) is 0 Å². The van der Waals surface area contributed by atoms with Gasteiger partial charge in [0.25, 0.3) is 15.9 Å². The van der Waals surface area contributed by atoms with Gasteiger partial charge in [-0.1, -0.05) is 29.8 Å². The van der Waals surface area contributed by atoms with E-state index >= 15 is 0 Å². The molecule has 3 rings (SSSR count). The van der Waals surface area contributed by atoms with Crippen molar-refractivity contribution in [2.75, 3.05) is 11.3 Å². The van der Waals surface area contributed by atoms with Crippen LogP contribution < -0.4 is 14.8 Å². The third-order valence-electron chi connectivity index (χ3n) is 4.38. The van der Waals surface area contributed by atoms with E-state index in [1.165, 1.54) is 24.3 Å². The highest BCUT2D eigenvalue weighted by Gasteiger charge is 2.15. The van der Waals surface area contributed by atoms with Gasteiger partial charge in [-0.15, -0.1) is 0 Å². The van der Waals surface area contributed by atoms with Gasteiger partial charge in [-0.25, -0.2) is 8.42 Å². The molecule has 2 N–H and O–H groups in total. The van der Waals surface area contributed by atoms with Gasteiger partial charge in [-0.2, -0.15) is 0 Å². The second-order valence-electron chi connectivity index (χ2n) is 7.15. The smallest absolute Gasteiger partial charge is 0.261 e. The van der Waals surface area contributed by atoms with Crippen LogP contribution >= 0.6 is 11.6 Å². The molecule has 0 saturated carbocycles. The van der Waals surface area contributed by atoms with E-state index in [4.69, 9.17) is 16.3 Å². The summed E-state index contributed by atoms with van der Waals surface area (Å²) < 4.78 is 33.3. The molecule has 0 unspecified atom stereocenters. The summed E-state index contributed by atoms with van der Waals surface area (Å²) in [5.41, 5.74) is 3.37. The van der Waals surface area contributed by atoms with E-state index in [-0.39, 0.29) is 17.4 Å². The molecule has 1 amide bonds. The number of carbonyl (C=O) groups excluding carboxylic acids is 1. The fraction of sp³-hybridized carbons (Fsp3) is 0.174. The number of ether oxygens (including phenoxy) is 1. The van der Waals surface area contributed by atoms with Crippen LogP contribution in [0, 0.1) is 13.8 Å². The topological polar surface area (TPSA) is 84.5 Å². The summed E-state index contributed by atoms with van der Waals surface area (Å²) in [6, 6.07) is 18.6. The van der Waals surface area contributed by atoms with Crippen LogP contribution in [-0.2, 0) is 21.4 Å². The Morgan fingerprint density at radius 3 is 2.16 bits per heavy atom. The molecular formula is C23H23ClN2O4S. The minimum atomic E-state index is -3.73. The second kappa shape index (κ2) is 9.85. The van der Waals surface area contributed by atoms with Crippen LogP contribution in [0.25, 0.3) is 0 Å². The van der Waals surface area contributed by atoms with Crippen LogP contribution in [0.4, 0.5) is 5.69 Å². The van der Waals surface area contributed by atoms with Gasteiger partial charge in [-0.05, 0) is 79.1 Å². The molecule has 0 bridgehead atoms. The van der Waals surface area contributed by atoms with Crippen molar-refractivity contribution < 1.29 is 17.9 Å². The number of aryl methyl sites for hydroxylation is 2. The van der Waals surface area contributed by atoms with Crippen molar-refractivity contribution in [2.45, 2.75) is 25.3 Å². The van der Waals surface area contributed by atoms with Gasteiger partial charge >= 0.3 is 0 Å². The molecule has 0 fully saturated rings. The van der Waals surface area contributed by atoms with Crippen LogP contribution in [0.2, 0.25) is 5.02 Å². The molecule has 162 valence electrons. The third-order valence-corrected chi connectivity index (χ3v) is 6.03. The summed E-state index contributed by atoms with van der Waals surface area (Å²) in [6.07, 6.45) is 0. The van der Waals surface area contributed by atoms with E-state index < -0.39 is 10.0 Å². The van der Waals surface area contributed by atoms with Crippen molar-refractivity contribution in [2.24, 2.45) is 0 Å². The fourth-order valence-electron chi connectivity index (χ4n) is 2.97. The molecule has 0 aliphatic heterocycles. The molecule has 0 aromatic heterocycles. The van der Waals surface area contributed by atoms with Crippen LogP contribution in [0.5, 0.6) is 5.75 Å². The molecule has 0 atom stereocenters. The molecule has 3 aromatic rings. The molecule has 3 aromatic carbocycles. The number of rotatable bonds is 8. The Morgan fingerprint density at radius 1 is 0.935 bits per heavy atom. The van der Waals surface area contributed by atoms with E-state index in [1.807, 2.05) is 32.0 Å². The average molecular weight is 459 g/mol. The molecule has 6 nitrogen and oxygen atoms in total. The Labute approximate surface area is 187 Å². The molecule has 0 aliphatic rings. The summed E-state index contributed by atoms with van der Waals surface area (Å²) >= 11 is 5.84. The lowest BCUT2D eigenvalue weighted by atomic mass is 10.1. The van der Waals surface area contributed by atoms with E-state index in [0.29, 0.717) is 23.0 Å². The first kappa shape index (κ1) is 22.7. The number of sulfonamides is 1. The molecule has 0 saturated heterocycles. The quantitative estimate of drug-likeness (QED) is 0.522. The van der Waals surface area contributed by atoms with Crippen LogP contribution in [0.1, 0.15) is 16.7 Å². The Balaban J connectivity index is 1.54. The minimum Gasteiger partial charge on any atom is -0.484 e. The monoisotopic (exact) mass is 458 g/mol. The number of benzene rings is 3. The normalized spacial score (nSPS) is 11.1. The zero-order chi connectivity index (χ0) is 22.4. The number of anilines is 1. The van der Waals surface area contributed by atoms with E-state index in [0.717, 1.165) is 16.7 Å². The van der Waals surface area contributed by atoms with Gasteiger partial charge in [0.05, 0.1) is 4.90 Å². The summed E-state index contributed by atoms with van der Waals surface area (Å²) in [5.74, 6) is 0.107. The SMILES string of the molecule is Cc1cc(C)cc(NS(=O)(=O)c2ccc(OCC(=O)NCc3ccc(Cl)cc3)cc2)c1. The van der Waals surface area contributed by atoms with Crippen molar-refractivity contribution in [3.05, 3.63) is 88.4 Å². The third kappa shape index (κ3) is 6.73. The summed E-state index contributed by atoms with van der Waals surface area (Å²) in [6.45, 7) is 3.99. The van der Waals surface area contributed by atoms with Crippen molar-refractivity contribution in [3.63, 3.8) is 0 Å². The lowest BCUT2D eigenvalue weighted by Crippen LogP contribution is -2.28. The standard InChI is InChI=1S/C23H23ClN2O4S/c1-16-11-17(2)13-20(12-16)26-31(28,29)22-9-7-21(8-10-22)30-15-23(27)25-14-18-3-5-19(24)6-4-18/h3-13,26H,14-15H2,1-2H3,(H,25,27). The van der Waals surface area contributed by atoms with E-state index in [2.05, 4.69) is 10.0 Å². The second-order valence-corrected chi connectivity index (χ2v) is 9.26. The number of hydrogen-bond donors (Lipinski definition) is 2. The zero-order valence-corrected chi connectivity index (χ0v) is 18.8. The van der Waals surface area contributed by atoms with Gasteiger partial charge in [-0.3, -0.25) is 9.52 Å². The minimum absolute atomic E-state index is 0.103. The summed E-state index contributed by atoms with van der Waals surface area (Å²) in [7, 11) is -3.73. The van der Waals surface area contributed by atoms with Crippen molar-refractivity contribution >= 4 is 33.2 Å². The van der Waals surface area contributed by atoms with Gasteiger partial charge in [0.2, 0.25) is 0 Å². The number of carbonyl (C=O) groups is 1. The predicted octanol–water partition coefficient (Wildman–Crippen LogP) is 4.45. The molecule has 0 heterocycles. The number of halogens is 1. The number of amides is 1. The largest absolute Gasteiger partial charge is 0.484 e. The first-order valence-corrected chi connectivity index (χ1v) is 11.4. The molecule has 0 aliphatic carbocycles. The fourth-order valence-corrected chi connectivity index (χ4v) is 4.13. The Morgan fingerprint density at radius 2 is 1.55 bits per heavy atom. The lowest BCUT2D eigenvalue weighted by molar-refractivity contribution is -0.123. The molecular weight excluding hydrogens is 436 g/mol. The first-order chi connectivity index (χ1) is 14.7. The first-order valence-electron chi connectivity index (χ1n) is 9.56. The summed E-state index contributed by atoms with van der Waals surface area (Å²) in [4.78, 5) is 12.1. The van der Waals surface area contributed by atoms with Crippen molar-refractivity contribution in [3.8, 4) is 5.75 Å². The van der Waals surface area contributed by atoms with E-state index in [9.17, 15) is 13.2 Å². The average Bonchev–Trinajstić information content (AvgIpc) is 2.71. The lowest BCUT2D eigenvalue weighted by Gasteiger charge is -2.11. The Kier molecular flexibility index (Phi) is 7.20. The number of hydrogen-bond acceptors (Lipinski definition) is 4. The van der Waals surface area contributed by atoms with Crippen LogP contribution in [0.15, 0.2) is 71.6 Å². The highest BCUT2D eigenvalue weighted by molar-refractivity contribution is 7.92. The van der Waals surface area contributed by atoms with Crippen LogP contribution in [0.3, 0.4) is 0 Å². The Hall–Kier alpha value is -3.03. The maximum Gasteiger partial charge on any atom is 0.261 e. The Bertz CT molecular complexity index is 1140. The molecule has 0 spiro atoms. The highest BCUT2D eigenvalue weighted by atomic mass is 35.5. The summed E-state index contributed by atoms with van der Waals surface area (Å²) in [5, 5.41) is 3.38. The highest BCUT2D eigenvalue weighted by Crippen LogP contribution is 2.21. The predicted molar refractivity (Wildman–Crippen MR) is 122 cm³/mol.